The van der Waals surface area contributed by atoms with Gasteiger partial charge in [0.05, 0.1) is 0 Å². The first-order valence-electron chi connectivity index (χ1n) is 7.09. The van der Waals surface area contributed by atoms with Crippen molar-refractivity contribution in [2.75, 3.05) is 5.32 Å². The summed E-state index contributed by atoms with van der Waals surface area (Å²) >= 11 is 17.1. The molecular weight excluding hydrogens is 363 g/mol. The van der Waals surface area contributed by atoms with E-state index in [2.05, 4.69) is 10.6 Å². The predicted octanol–water partition coefficient (Wildman–Crippen LogP) is 5.27. The first kappa shape index (κ1) is 16.7. The van der Waals surface area contributed by atoms with Crippen molar-refractivity contribution in [3.63, 3.8) is 0 Å². The Balaban J connectivity index is 1.76. The number of fused-ring (bicyclic) bond motifs is 1. The van der Waals surface area contributed by atoms with Crippen LogP contribution in [0.4, 0.5) is 5.69 Å². The zero-order valence-electron chi connectivity index (χ0n) is 12.3. The van der Waals surface area contributed by atoms with Gasteiger partial charge in [-0.1, -0.05) is 59.6 Å². The van der Waals surface area contributed by atoms with Gasteiger partial charge in [-0.3, -0.25) is 10.1 Å². The Kier molecular flexibility index (Phi) is 5.00. The monoisotopic (exact) mass is 374 g/mol. The van der Waals surface area contributed by atoms with Gasteiger partial charge >= 0.3 is 0 Å². The van der Waals surface area contributed by atoms with E-state index in [0.29, 0.717) is 15.6 Å². The van der Waals surface area contributed by atoms with Crippen LogP contribution >= 0.6 is 35.4 Å². The molecule has 0 aliphatic carbocycles. The van der Waals surface area contributed by atoms with Gasteiger partial charge in [0, 0.05) is 26.7 Å². The van der Waals surface area contributed by atoms with Crippen molar-refractivity contribution < 1.29 is 4.79 Å². The van der Waals surface area contributed by atoms with Crippen molar-refractivity contribution in [1.82, 2.24) is 5.32 Å². The largest absolute Gasteiger partial charge is 0.332 e. The van der Waals surface area contributed by atoms with E-state index in [-0.39, 0.29) is 11.0 Å². The van der Waals surface area contributed by atoms with Crippen LogP contribution in [0.2, 0.25) is 10.0 Å². The lowest BCUT2D eigenvalue weighted by molar-refractivity contribution is 0.0977. The lowest BCUT2D eigenvalue weighted by Gasteiger charge is -2.12. The zero-order chi connectivity index (χ0) is 17.1. The van der Waals surface area contributed by atoms with Gasteiger partial charge in [0.15, 0.2) is 5.11 Å². The Labute approximate surface area is 154 Å². The van der Waals surface area contributed by atoms with Crippen LogP contribution in [0.25, 0.3) is 10.8 Å². The molecule has 0 aliphatic rings. The summed E-state index contributed by atoms with van der Waals surface area (Å²) in [5.74, 6) is -0.378. The minimum absolute atomic E-state index is 0.201. The molecule has 0 aliphatic heterocycles. The highest BCUT2D eigenvalue weighted by Crippen LogP contribution is 2.23. The van der Waals surface area contributed by atoms with Crippen molar-refractivity contribution in [3.05, 3.63) is 76.3 Å². The number of anilines is 1. The maximum Gasteiger partial charge on any atom is 0.257 e. The summed E-state index contributed by atoms with van der Waals surface area (Å²) in [5, 5.41) is 8.75. The van der Waals surface area contributed by atoms with Crippen molar-refractivity contribution in [1.29, 1.82) is 0 Å². The Morgan fingerprint density at radius 2 is 1.58 bits per heavy atom. The van der Waals surface area contributed by atoms with Crippen LogP contribution in [-0.4, -0.2) is 11.0 Å². The molecule has 0 bridgehead atoms. The fraction of sp³-hybridized carbons (Fsp3) is 0. The van der Waals surface area contributed by atoms with Crippen LogP contribution in [0.15, 0.2) is 60.7 Å². The van der Waals surface area contributed by atoms with Crippen molar-refractivity contribution in [3.8, 4) is 0 Å². The molecule has 0 saturated heterocycles. The summed E-state index contributed by atoms with van der Waals surface area (Å²) in [6, 6.07) is 18.4. The van der Waals surface area contributed by atoms with Gasteiger partial charge in [0.1, 0.15) is 0 Å². The molecule has 0 radical (unpaired) electrons. The van der Waals surface area contributed by atoms with Crippen LogP contribution < -0.4 is 10.6 Å². The highest BCUT2D eigenvalue weighted by atomic mass is 35.5. The van der Waals surface area contributed by atoms with E-state index in [4.69, 9.17) is 35.4 Å². The molecule has 3 aromatic rings. The molecular formula is C18H12Cl2N2OS. The smallest absolute Gasteiger partial charge is 0.257 e. The number of amides is 1. The second-order valence-corrected chi connectivity index (χ2v) is 6.37. The van der Waals surface area contributed by atoms with E-state index >= 15 is 0 Å². The van der Waals surface area contributed by atoms with Crippen molar-refractivity contribution >= 4 is 62.9 Å². The molecule has 0 atom stereocenters. The van der Waals surface area contributed by atoms with Crippen LogP contribution in [-0.2, 0) is 0 Å². The number of carbonyl (C=O) groups excluding carboxylic acids is 1. The number of carbonyl (C=O) groups is 1. The fourth-order valence-electron chi connectivity index (χ4n) is 2.35. The standard InChI is InChI=1S/C18H12Cl2N2OS/c19-13-8-12(9-14(20)10-13)17(23)22-18(24)21-16-7-3-5-11-4-1-2-6-15(11)16/h1-10H,(H2,21,22,23,24). The number of thiocarbonyl (C=S) groups is 1. The van der Waals surface area contributed by atoms with E-state index < -0.39 is 0 Å². The minimum Gasteiger partial charge on any atom is -0.332 e. The van der Waals surface area contributed by atoms with Crippen molar-refractivity contribution in [2.24, 2.45) is 0 Å². The number of benzene rings is 3. The first-order chi connectivity index (χ1) is 11.5. The second-order valence-electron chi connectivity index (χ2n) is 5.09. The van der Waals surface area contributed by atoms with Gasteiger partial charge in [-0.15, -0.1) is 0 Å². The first-order valence-corrected chi connectivity index (χ1v) is 8.25. The summed E-state index contributed by atoms with van der Waals surface area (Å²) in [6.07, 6.45) is 0. The summed E-state index contributed by atoms with van der Waals surface area (Å²) in [7, 11) is 0. The minimum atomic E-state index is -0.378. The number of nitrogens with one attached hydrogen (secondary N) is 2. The summed E-state index contributed by atoms with van der Waals surface area (Å²) in [6.45, 7) is 0. The third-order valence-corrected chi connectivity index (χ3v) is 4.03. The molecule has 3 nitrogen and oxygen atoms in total. The van der Waals surface area contributed by atoms with Crippen LogP contribution in [0.5, 0.6) is 0 Å². The number of hydrogen-bond acceptors (Lipinski definition) is 2. The molecule has 0 fully saturated rings. The van der Waals surface area contributed by atoms with Gasteiger partial charge in [0.25, 0.3) is 5.91 Å². The highest BCUT2D eigenvalue weighted by Gasteiger charge is 2.10. The van der Waals surface area contributed by atoms with Gasteiger partial charge in [-0.25, -0.2) is 0 Å². The molecule has 3 rings (SSSR count). The molecule has 120 valence electrons. The lowest BCUT2D eigenvalue weighted by atomic mass is 10.1. The zero-order valence-corrected chi connectivity index (χ0v) is 14.7. The molecule has 24 heavy (non-hydrogen) atoms. The molecule has 2 N–H and O–H groups in total. The van der Waals surface area contributed by atoms with Crippen LogP contribution in [0, 0.1) is 0 Å². The average molecular weight is 375 g/mol. The highest BCUT2D eigenvalue weighted by molar-refractivity contribution is 7.80. The Morgan fingerprint density at radius 3 is 2.33 bits per heavy atom. The third kappa shape index (κ3) is 3.85. The molecule has 6 heteroatoms. The second kappa shape index (κ2) is 7.18. The molecule has 1 amide bonds. The maximum atomic E-state index is 12.3. The molecule has 0 unspecified atom stereocenters. The Bertz CT molecular complexity index is 918. The lowest BCUT2D eigenvalue weighted by Crippen LogP contribution is -2.34. The van der Waals surface area contributed by atoms with Gasteiger partial charge in [-0.2, -0.15) is 0 Å². The van der Waals surface area contributed by atoms with E-state index in [1.54, 1.807) is 6.07 Å². The van der Waals surface area contributed by atoms with Crippen molar-refractivity contribution in [2.45, 2.75) is 0 Å². The summed E-state index contributed by atoms with van der Waals surface area (Å²) in [5.41, 5.74) is 1.16. The Morgan fingerprint density at radius 1 is 0.917 bits per heavy atom. The summed E-state index contributed by atoms with van der Waals surface area (Å²) in [4.78, 5) is 12.3. The van der Waals surface area contributed by atoms with Gasteiger partial charge in [0.2, 0.25) is 0 Å². The Hall–Kier alpha value is -2.14. The predicted molar refractivity (Wildman–Crippen MR) is 104 cm³/mol. The fourth-order valence-corrected chi connectivity index (χ4v) is 3.08. The summed E-state index contributed by atoms with van der Waals surface area (Å²) < 4.78 is 0. The van der Waals surface area contributed by atoms with Crippen LogP contribution in [0.3, 0.4) is 0 Å². The number of hydrogen-bond donors (Lipinski definition) is 2. The van der Waals surface area contributed by atoms with E-state index in [1.165, 1.54) is 12.1 Å². The average Bonchev–Trinajstić information content (AvgIpc) is 2.54. The molecule has 0 heterocycles. The van der Waals surface area contributed by atoms with Gasteiger partial charge in [-0.05, 0) is 41.9 Å². The number of halogens is 2. The third-order valence-electron chi connectivity index (χ3n) is 3.39. The molecule has 0 spiro atoms. The van der Waals surface area contributed by atoms with E-state index in [1.807, 2.05) is 42.5 Å². The van der Waals surface area contributed by atoms with Gasteiger partial charge < -0.3 is 5.32 Å². The quantitative estimate of drug-likeness (QED) is 0.600. The SMILES string of the molecule is O=C(NC(=S)Nc1cccc2ccccc12)c1cc(Cl)cc(Cl)c1. The molecule has 0 saturated carbocycles. The van der Waals surface area contributed by atoms with E-state index in [0.717, 1.165) is 16.5 Å². The molecule has 0 aromatic heterocycles. The number of rotatable bonds is 2. The van der Waals surface area contributed by atoms with E-state index in [9.17, 15) is 4.79 Å². The molecule has 3 aromatic carbocycles. The normalized spacial score (nSPS) is 10.4. The van der Waals surface area contributed by atoms with Crippen LogP contribution in [0.1, 0.15) is 10.4 Å². The topological polar surface area (TPSA) is 41.1 Å². The maximum absolute atomic E-state index is 12.3.